The summed E-state index contributed by atoms with van der Waals surface area (Å²) in [5.74, 6) is 0.962. The van der Waals surface area contributed by atoms with Gasteiger partial charge in [-0.1, -0.05) is 77.8 Å². The summed E-state index contributed by atoms with van der Waals surface area (Å²) in [5, 5.41) is 1.59. The Balaban J connectivity index is 1.47. The number of ether oxygens (including phenoxy) is 1. The van der Waals surface area contributed by atoms with Gasteiger partial charge < -0.3 is 4.74 Å². The van der Waals surface area contributed by atoms with E-state index in [1.54, 1.807) is 0 Å². The fourth-order valence-electron chi connectivity index (χ4n) is 5.26. The van der Waals surface area contributed by atoms with Crippen LogP contribution in [0.25, 0.3) is 0 Å². The summed E-state index contributed by atoms with van der Waals surface area (Å²) in [7, 11) is 0. The Kier molecular flexibility index (Phi) is 5.73. The van der Waals surface area contributed by atoms with Gasteiger partial charge in [-0.25, -0.2) is 0 Å². The van der Waals surface area contributed by atoms with Crippen molar-refractivity contribution in [2.45, 2.75) is 49.9 Å². The lowest BCUT2D eigenvalue weighted by atomic mass is 9.90. The monoisotopic (exact) mass is 437 g/mol. The lowest BCUT2D eigenvalue weighted by Gasteiger charge is -2.44. The van der Waals surface area contributed by atoms with E-state index in [0.29, 0.717) is 12.1 Å². The molecule has 2 saturated heterocycles. The Hall–Kier alpha value is -2.00. The molecule has 0 aliphatic carbocycles. The van der Waals surface area contributed by atoms with Gasteiger partial charge in [-0.15, -0.1) is 0 Å². The van der Waals surface area contributed by atoms with Crippen LogP contribution in [0.1, 0.15) is 42.9 Å². The Labute approximate surface area is 188 Å². The second kappa shape index (κ2) is 8.63. The standard InChI is InChI=1S/C26H25Cl2NO/c27-24-12-6-4-10-22(24)26(23-11-5-7-13-25(23)28)29-18-14-15-19(29)17-21(16-18)30-20-8-2-1-3-9-20/h1-13,18-19,21,26H,14-17H2. The summed E-state index contributed by atoms with van der Waals surface area (Å²) in [5.41, 5.74) is 2.26. The van der Waals surface area contributed by atoms with E-state index in [9.17, 15) is 0 Å². The Morgan fingerprint density at radius 2 is 1.20 bits per heavy atom. The molecule has 0 amide bonds. The molecule has 0 aromatic heterocycles. The van der Waals surface area contributed by atoms with Gasteiger partial charge in [-0.2, -0.15) is 0 Å². The number of hydrogen-bond acceptors (Lipinski definition) is 2. The minimum absolute atomic E-state index is 0.0579. The summed E-state index contributed by atoms with van der Waals surface area (Å²) >= 11 is 13.4. The van der Waals surface area contributed by atoms with E-state index in [4.69, 9.17) is 27.9 Å². The molecule has 0 spiro atoms. The molecule has 0 saturated carbocycles. The van der Waals surface area contributed by atoms with Crippen molar-refractivity contribution in [1.82, 2.24) is 4.90 Å². The van der Waals surface area contributed by atoms with Crippen LogP contribution in [-0.4, -0.2) is 23.1 Å². The summed E-state index contributed by atoms with van der Waals surface area (Å²) in [4.78, 5) is 2.66. The molecule has 2 heterocycles. The first kappa shape index (κ1) is 19.9. The van der Waals surface area contributed by atoms with Crippen LogP contribution in [-0.2, 0) is 0 Å². The maximum Gasteiger partial charge on any atom is 0.119 e. The van der Waals surface area contributed by atoms with E-state index in [-0.39, 0.29) is 12.1 Å². The molecule has 2 nitrogen and oxygen atoms in total. The average molecular weight is 438 g/mol. The first-order valence-electron chi connectivity index (χ1n) is 10.7. The molecular weight excluding hydrogens is 413 g/mol. The first-order valence-corrected chi connectivity index (χ1v) is 11.4. The van der Waals surface area contributed by atoms with Crippen LogP contribution in [0.15, 0.2) is 78.9 Å². The molecule has 0 N–H and O–H groups in total. The molecule has 154 valence electrons. The zero-order valence-electron chi connectivity index (χ0n) is 16.8. The Morgan fingerprint density at radius 1 is 0.700 bits per heavy atom. The topological polar surface area (TPSA) is 12.5 Å². The van der Waals surface area contributed by atoms with Crippen molar-refractivity contribution < 1.29 is 4.74 Å². The highest BCUT2D eigenvalue weighted by Crippen LogP contribution is 2.47. The minimum atomic E-state index is 0.0579. The quantitative estimate of drug-likeness (QED) is 0.419. The third-order valence-electron chi connectivity index (χ3n) is 6.49. The van der Waals surface area contributed by atoms with Gasteiger partial charge in [0, 0.05) is 22.1 Å². The molecule has 0 radical (unpaired) electrons. The van der Waals surface area contributed by atoms with Gasteiger partial charge in [0.2, 0.25) is 0 Å². The van der Waals surface area contributed by atoms with Gasteiger partial charge in [0.05, 0.1) is 6.04 Å². The molecular formula is C26H25Cl2NO. The van der Waals surface area contributed by atoms with Gasteiger partial charge in [0.15, 0.2) is 0 Å². The van der Waals surface area contributed by atoms with E-state index in [1.807, 2.05) is 54.6 Å². The van der Waals surface area contributed by atoms with Crippen molar-refractivity contribution in [3.8, 4) is 5.75 Å². The number of nitrogens with zero attached hydrogens (tertiary/aromatic N) is 1. The van der Waals surface area contributed by atoms with Crippen molar-refractivity contribution in [3.63, 3.8) is 0 Å². The summed E-state index contributed by atoms with van der Waals surface area (Å²) in [6, 6.07) is 27.5. The van der Waals surface area contributed by atoms with Gasteiger partial charge in [-0.3, -0.25) is 4.90 Å². The molecule has 2 bridgehead atoms. The average Bonchev–Trinajstić information content (AvgIpc) is 3.01. The van der Waals surface area contributed by atoms with Crippen LogP contribution in [0.3, 0.4) is 0 Å². The van der Waals surface area contributed by atoms with E-state index in [2.05, 4.69) is 29.2 Å². The van der Waals surface area contributed by atoms with Crippen LogP contribution in [0.5, 0.6) is 5.75 Å². The fraction of sp³-hybridized carbons (Fsp3) is 0.308. The first-order chi connectivity index (χ1) is 14.7. The van der Waals surface area contributed by atoms with Crippen LogP contribution in [0.2, 0.25) is 10.0 Å². The number of fused-ring (bicyclic) bond motifs is 2. The molecule has 2 aliphatic heterocycles. The van der Waals surface area contributed by atoms with Crippen molar-refractivity contribution >= 4 is 23.2 Å². The molecule has 5 rings (SSSR count). The minimum Gasteiger partial charge on any atom is -0.490 e. The highest BCUT2D eigenvalue weighted by atomic mass is 35.5. The summed E-state index contributed by atoms with van der Waals surface area (Å²) in [6.07, 6.45) is 4.67. The molecule has 3 aromatic rings. The smallest absolute Gasteiger partial charge is 0.119 e. The van der Waals surface area contributed by atoms with E-state index < -0.39 is 0 Å². The number of piperidine rings is 1. The van der Waals surface area contributed by atoms with Crippen LogP contribution < -0.4 is 4.74 Å². The second-order valence-corrected chi connectivity index (χ2v) is 9.12. The highest BCUT2D eigenvalue weighted by Gasteiger charge is 2.46. The van der Waals surface area contributed by atoms with Gasteiger partial charge in [0.25, 0.3) is 0 Å². The molecule has 30 heavy (non-hydrogen) atoms. The fourth-order valence-corrected chi connectivity index (χ4v) is 5.73. The third-order valence-corrected chi connectivity index (χ3v) is 7.18. The third kappa shape index (κ3) is 3.85. The lowest BCUT2D eigenvalue weighted by Crippen LogP contribution is -2.48. The SMILES string of the molecule is Clc1ccccc1C(c1ccccc1Cl)N1C2CCC1CC(Oc1ccccc1)C2. The van der Waals surface area contributed by atoms with E-state index in [1.165, 1.54) is 12.8 Å². The lowest BCUT2D eigenvalue weighted by molar-refractivity contribution is 0.0309. The van der Waals surface area contributed by atoms with Crippen molar-refractivity contribution in [3.05, 3.63) is 100 Å². The number of benzene rings is 3. The summed E-state index contributed by atoms with van der Waals surface area (Å²) in [6.45, 7) is 0. The van der Waals surface area contributed by atoms with Crippen molar-refractivity contribution in [2.24, 2.45) is 0 Å². The zero-order valence-corrected chi connectivity index (χ0v) is 18.3. The number of para-hydroxylation sites is 1. The normalized spacial score (nSPS) is 23.6. The van der Waals surface area contributed by atoms with Gasteiger partial charge in [0.1, 0.15) is 11.9 Å². The number of halogens is 2. The zero-order chi connectivity index (χ0) is 20.5. The summed E-state index contributed by atoms with van der Waals surface area (Å²) < 4.78 is 6.34. The second-order valence-electron chi connectivity index (χ2n) is 8.30. The molecule has 2 aliphatic rings. The predicted molar refractivity (Wildman–Crippen MR) is 123 cm³/mol. The molecule has 4 heteroatoms. The maximum absolute atomic E-state index is 6.70. The van der Waals surface area contributed by atoms with Gasteiger partial charge >= 0.3 is 0 Å². The Morgan fingerprint density at radius 3 is 1.73 bits per heavy atom. The van der Waals surface area contributed by atoms with Gasteiger partial charge in [-0.05, 0) is 61.1 Å². The molecule has 2 fully saturated rings. The highest BCUT2D eigenvalue weighted by molar-refractivity contribution is 6.32. The van der Waals surface area contributed by atoms with Crippen LogP contribution >= 0.6 is 23.2 Å². The van der Waals surface area contributed by atoms with E-state index >= 15 is 0 Å². The van der Waals surface area contributed by atoms with Crippen molar-refractivity contribution in [2.75, 3.05) is 0 Å². The maximum atomic E-state index is 6.70. The van der Waals surface area contributed by atoms with Crippen LogP contribution in [0.4, 0.5) is 0 Å². The Bertz CT molecular complexity index is 949. The van der Waals surface area contributed by atoms with Crippen LogP contribution in [0, 0.1) is 0 Å². The molecule has 2 atom stereocenters. The number of hydrogen-bond donors (Lipinski definition) is 0. The largest absolute Gasteiger partial charge is 0.490 e. The molecule has 2 unspecified atom stereocenters. The number of rotatable bonds is 5. The van der Waals surface area contributed by atoms with Crippen molar-refractivity contribution in [1.29, 1.82) is 0 Å². The molecule has 3 aromatic carbocycles. The van der Waals surface area contributed by atoms with E-state index in [0.717, 1.165) is 39.8 Å². The predicted octanol–water partition coefficient (Wildman–Crippen LogP) is 7.16.